The van der Waals surface area contributed by atoms with Gasteiger partial charge in [0.05, 0.1) is 0 Å². The van der Waals surface area contributed by atoms with Gasteiger partial charge in [-0.15, -0.1) is 0 Å². The van der Waals surface area contributed by atoms with Crippen LogP contribution in [-0.2, 0) is 0 Å². The average Bonchev–Trinajstić information content (AvgIpc) is 1.98. The van der Waals surface area contributed by atoms with Crippen molar-refractivity contribution in [2.75, 3.05) is 0 Å². The first kappa shape index (κ1) is 8.58. The predicted octanol–water partition coefficient (Wildman–Crippen LogP) is 3.70. The Morgan fingerprint density at radius 3 is 2.73 bits per heavy atom. The molecule has 1 unspecified atom stereocenters. The molecule has 0 nitrogen and oxygen atoms in total. The minimum atomic E-state index is 0.838. The Hall–Kier alpha value is -0.520. The fourth-order valence-electron chi connectivity index (χ4n) is 1.71. The number of allylic oxidation sites excluding steroid dienone is 4. The molecule has 0 aliphatic heterocycles. The maximum atomic E-state index is 2.28. The molecule has 0 spiro atoms. The van der Waals surface area contributed by atoms with Gasteiger partial charge in [0, 0.05) is 0 Å². The summed E-state index contributed by atoms with van der Waals surface area (Å²) >= 11 is 0. The number of hydrogen-bond donors (Lipinski definition) is 0. The van der Waals surface area contributed by atoms with Crippen LogP contribution >= 0.6 is 0 Å². The van der Waals surface area contributed by atoms with Crippen LogP contribution in [0.15, 0.2) is 23.3 Å². The molecule has 0 heteroatoms. The van der Waals surface area contributed by atoms with Crippen molar-refractivity contribution in [3.8, 4) is 0 Å². The Morgan fingerprint density at radius 2 is 2.09 bits per heavy atom. The molecule has 0 N–H and O–H groups in total. The molecule has 0 aromatic rings. The predicted molar refractivity (Wildman–Crippen MR) is 50.5 cm³/mol. The van der Waals surface area contributed by atoms with Gasteiger partial charge in [0.25, 0.3) is 0 Å². The summed E-state index contributed by atoms with van der Waals surface area (Å²) in [4.78, 5) is 0. The van der Waals surface area contributed by atoms with Gasteiger partial charge in [-0.25, -0.2) is 0 Å². The molecule has 0 bridgehead atoms. The van der Waals surface area contributed by atoms with E-state index in [0.717, 1.165) is 5.92 Å². The second-order valence-corrected chi connectivity index (χ2v) is 3.61. The molecule has 1 aliphatic rings. The monoisotopic (exact) mass is 150 g/mol. The van der Waals surface area contributed by atoms with Gasteiger partial charge in [-0.1, -0.05) is 36.6 Å². The van der Waals surface area contributed by atoms with E-state index in [1.165, 1.54) is 24.8 Å². The second-order valence-electron chi connectivity index (χ2n) is 3.61. The molecule has 11 heavy (non-hydrogen) atoms. The van der Waals surface area contributed by atoms with Crippen molar-refractivity contribution in [1.29, 1.82) is 0 Å². The third-order valence-electron chi connectivity index (χ3n) is 2.48. The molecule has 0 saturated carbocycles. The molecule has 0 fully saturated rings. The molecule has 62 valence electrons. The lowest BCUT2D eigenvalue weighted by atomic mass is 9.85. The van der Waals surface area contributed by atoms with E-state index in [4.69, 9.17) is 0 Å². The third kappa shape index (κ3) is 2.21. The summed E-state index contributed by atoms with van der Waals surface area (Å²) in [6, 6.07) is 0. The Bertz CT molecular complexity index is 184. The topological polar surface area (TPSA) is 0 Å². The van der Waals surface area contributed by atoms with Crippen LogP contribution in [0.4, 0.5) is 0 Å². The Kier molecular flexibility index (Phi) is 2.92. The second kappa shape index (κ2) is 3.75. The van der Waals surface area contributed by atoms with Gasteiger partial charge in [-0.05, 0) is 32.6 Å². The van der Waals surface area contributed by atoms with E-state index in [2.05, 4.69) is 32.9 Å². The molecule has 0 amide bonds. The van der Waals surface area contributed by atoms with E-state index in [1.54, 1.807) is 5.57 Å². The van der Waals surface area contributed by atoms with Crippen LogP contribution in [-0.4, -0.2) is 0 Å². The van der Waals surface area contributed by atoms with E-state index in [0.29, 0.717) is 0 Å². The molecule has 1 aliphatic carbocycles. The summed E-state index contributed by atoms with van der Waals surface area (Å²) in [5, 5.41) is 0. The molecule has 0 aromatic carbocycles. The third-order valence-corrected chi connectivity index (χ3v) is 2.48. The zero-order valence-electron chi connectivity index (χ0n) is 7.85. The van der Waals surface area contributed by atoms with Crippen LogP contribution in [0.25, 0.3) is 0 Å². The quantitative estimate of drug-likeness (QED) is 0.563. The SMILES string of the molecule is CCCC1CC(C)=CC=C1C. The van der Waals surface area contributed by atoms with Gasteiger partial charge in [-0.2, -0.15) is 0 Å². The van der Waals surface area contributed by atoms with Crippen LogP contribution in [0.1, 0.15) is 40.0 Å². The summed E-state index contributed by atoms with van der Waals surface area (Å²) in [6.07, 6.45) is 8.48. The summed E-state index contributed by atoms with van der Waals surface area (Å²) < 4.78 is 0. The first-order valence-corrected chi connectivity index (χ1v) is 4.58. The number of rotatable bonds is 2. The van der Waals surface area contributed by atoms with Crippen molar-refractivity contribution in [3.63, 3.8) is 0 Å². The van der Waals surface area contributed by atoms with E-state index in [1.807, 2.05) is 0 Å². The van der Waals surface area contributed by atoms with Crippen molar-refractivity contribution in [2.45, 2.75) is 40.0 Å². The molecular formula is C11H18. The Balaban J connectivity index is 2.58. The van der Waals surface area contributed by atoms with E-state index in [-0.39, 0.29) is 0 Å². The van der Waals surface area contributed by atoms with Gasteiger partial charge in [0.2, 0.25) is 0 Å². The van der Waals surface area contributed by atoms with E-state index >= 15 is 0 Å². The van der Waals surface area contributed by atoms with Crippen molar-refractivity contribution in [1.82, 2.24) is 0 Å². The average molecular weight is 150 g/mol. The highest BCUT2D eigenvalue weighted by atomic mass is 14.2. The number of hydrogen-bond acceptors (Lipinski definition) is 0. The van der Waals surface area contributed by atoms with Crippen LogP contribution in [0.3, 0.4) is 0 Å². The summed E-state index contributed by atoms with van der Waals surface area (Å²) in [5.74, 6) is 0.838. The standard InChI is InChI=1S/C11H18/c1-4-5-11-8-9(2)6-7-10(11)3/h6-7,11H,4-5,8H2,1-3H3. The van der Waals surface area contributed by atoms with Gasteiger partial charge < -0.3 is 0 Å². The summed E-state index contributed by atoms with van der Waals surface area (Å²) in [7, 11) is 0. The fraction of sp³-hybridized carbons (Fsp3) is 0.636. The first-order valence-electron chi connectivity index (χ1n) is 4.58. The van der Waals surface area contributed by atoms with Gasteiger partial charge in [0.15, 0.2) is 0 Å². The van der Waals surface area contributed by atoms with Crippen molar-refractivity contribution in [2.24, 2.45) is 5.92 Å². The van der Waals surface area contributed by atoms with Crippen molar-refractivity contribution in [3.05, 3.63) is 23.3 Å². The maximum Gasteiger partial charge on any atom is -0.0166 e. The zero-order valence-corrected chi connectivity index (χ0v) is 7.85. The van der Waals surface area contributed by atoms with Crippen LogP contribution < -0.4 is 0 Å². The van der Waals surface area contributed by atoms with E-state index in [9.17, 15) is 0 Å². The van der Waals surface area contributed by atoms with Crippen LogP contribution in [0.5, 0.6) is 0 Å². The molecule has 0 heterocycles. The molecule has 0 aromatic heterocycles. The van der Waals surface area contributed by atoms with Gasteiger partial charge in [-0.3, -0.25) is 0 Å². The van der Waals surface area contributed by atoms with Crippen molar-refractivity contribution < 1.29 is 0 Å². The Labute approximate surface area is 70.0 Å². The molecule has 0 radical (unpaired) electrons. The lowest BCUT2D eigenvalue weighted by Crippen LogP contribution is -2.05. The highest BCUT2D eigenvalue weighted by Gasteiger charge is 2.12. The van der Waals surface area contributed by atoms with Gasteiger partial charge in [0.1, 0.15) is 0 Å². The van der Waals surface area contributed by atoms with Crippen LogP contribution in [0.2, 0.25) is 0 Å². The summed E-state index contributed by atoms with van der Waals surface area (Å²) in [5.41, 5.74) is 3.10. The lowest BCUT2D eigenvalue weighted by molar-refractivity contribution is 0.540. The smallest absolute Gasteiger partial charge is 0.0166 e. The summed E-state index contributed by atoms with van der Waals surface area (Å²) in [6.45, 7) is 6.75. The minimum Gasteiger partial charge on any atom is -0.0727 e. The highest BCUT2D eigenvalue weighted by molar-refractivity contribution is 5.23. The van der Waals surface area contributed by atoms with Crippen molar-refractivity contribution >= 4 is 0 Å². The zero-order chi connectivity index (χ0) is 8.27. The first-order chi connectivity index (χ1) is 5.24. The van der Waals surface area contributed by atoms with Crippen LogP contribution in [0, 0.1) is 5.92 Å². The molecule has 0 saturated heterocycles. The highest BCUT2D eigenvalue weighted by Crippen LogP contribution is 2.27. The molecular weight excluding hydrogens is 132 g/mol. The molecule has 1 atom stereocenters. The van der Waals surface area contributed by atoms with Gasteiger partial charge >= 0.3 is 0 Å². The lowest BCUT2D eigenvalue weighted by Gasteiger charge is -2.20. The normalized spacial score (nSPS) is 24.5. The molecule has 1 rings (SSSR count). The maximum absolute atomic E-state index is 2.28. The minimum absolute atomic E-state index is 0.838. The Morgan fingerprint density at radius 1 is 1.36 bits per heavy atom. The van der Waals surface area contributed by atoms with E-state index < -0.39 is 0 Å². The largest absolute Gasteiger partial charge is 0.0727 e. The fourth-order valence-corrected chi connectivity index (χ4v) is 1.71.